The second-order valence-corrected chi connectivity index (χ2v) is 8.61. The molecule has 24 heavy (non-hydrogen) atoms. The molecule has 0 aliphatic carbocycles. The summed E-state index contributed by atoms with van der Waals surface area (Å²) in [6.07, 6.45) is 0. The van der Waals surface area contributed by atoms with E-state index in [2.05, 4.69) is 31.2 Å². The number of aromatic nitrogens is 2. The van der Waals surface area contributed by atoms with Gasteiger partial charge in [0, 0.05) is 30.0 Å². The molecule has 1 aromatic heterocycles. The Bertz CT molecular complexity index is 604. The van der Waals surface area contributed by atoms with E-state index in [4.69, 9.17) is 0 Å². The third kappa shape index (κ3) is 5.08. The van der Waals surface area contributed by atoms with Crippen LogP contribution in [0.4, 0.5) is 5.82 Å². The first-order chi connectivity index (χ1) is 10.7. The normalized spacial score (nSPS) is 12.4. The van der Waals surface area contributed by atoms with Gasteiger partial charge in [-0.05, 0) is 13.8 Å². The second kappa shape index (κ2) is 6.95. The summed E-state index contributed by atoms with van der Waals surface area (Å²) in [4.78, 5) is 26.6. The Balaban J connectivity index is 2.88. The maximum absolute atomic E-state index is 12.5. The Hall–Kier alpha value is -1.85. The summed E-state index contributed by atoms with van der Waals surface area (Å²) in [5.74, 6) is 0.384. The fourth-order valence-electron chi connectivity index (χ4n) is 2.21. The van der Waals surface area contributed by atoms with Crippen LogP contribution in [0.5, 0.6) is 0 Å². The largest absolute Gasteiger partial charge is 0.330 e. The number of rotatable bonds is 4. The molecule has 6 heteroatoms. The van der Waals surface area contributed by atoms with E-state index in [1.165, 1.54) is 0 Å². The standard InChI is InChI=1S/C18H32N4O2/c1-12(2)22(16(24)18(6,7)8)11-15(23)19-14-10-13(17(3,4)5)20-21(14)9/h10,12H,11H2,1-9H3,(H,19,23). The maximum atomic E-state index is 12.5. The minimum Gasteiger partial charge on any atom is -0.330 e. The van der Waals surface area contributed by atoms with Crippen molar-refractivity contribution < 1.29 is 9.59 Å². The highest BCUT2D eigenvalue weighted by Gasteiger charge is 2.30. The lowest BCUT2D eigenvalue weighted by molar-refractivity contribution is -0.143. The molecule has 0 aliphatic heterocycles. The summed E-state index contributed by atoms with van der Waals surface area (Å²) in [6.45, 7) is 15.7. The van der Waals surface area contributed by atoms with Crippen molar-refractivity contribution in [1.82, 2.24) is 14.7 Å². The van der Waals surface area contributed by atoms with Gasteiger partial charge in [0.15, 0.2) is 0 Å². The van der Waals surface area contributed by atoms with Crippen molar-refractivity contribution in [1.29, 1.82) is 0 Å². The predicted molar refractivity (Wildman–Crippen MR) is 96.8 cm³/mol. The number of nitrogens with zero attached hydrogens (tertiary/aromatic N) is 3. The maximum Gasteiger partial charge on any atom is 0.245 e. The molecular formula is C18H32N4O2. The number of hydrogen-bond donors (Lipinski definition) is 1. The van der Waals surface area contributed by atoms with Crippen molar-refractivity contribution in [3.63, 3.8) is 0 Å². The quantitative estimate of drug-likeness (QED) is 0.919. The lowest BCUT2D eigenvalue weighted by Gasteiger charge is -2.32. The average molecular weight is 336 g/mol. The molecule has 1 N–H and O–H groups in total. The van der Waals surface area contributed by atoms with Gasteiger partial charge in [-0.3, -0.25) is 14.3 Å². The summed E-state index contributed by atoms with van der Waals surface area (Å²) in [5, 5.41) is 7.31. The number of carbonyl (C=O) groups is 2. The molecule has 0 spiro atoms. The predicted octanol–water partition coefficient (Wildman–Crippen LogP) is 2.94. The number of amides is 2. The van der Waals surface area contributed by atoms with Crippen molar-refractivity contribution in [3.8, 4) is 0 Å². The fourth-order valence-corrected chi connectivity index (χ4v) is 2.21. The lowest BCUT2D eigenvalue weighted by atomic mass is 9.92. The molecule has 0 saturated carbocycles. The van der Waals surface area contributed by atoms with E-state index < -0.39 is 5.41 Å². The summed E-state index contributed by atoms with van der Waals surface area (Å²) in [5.41, 5.74) is 0.301. The van der Waals surface area contributed by atoms with E-state index in [0.717, 1.165) is 5.69 Å². The van der Waals surface area contributed by atoms with Crippen LogP contribution in [0.3, 0.4) is 0 Å². The van der Waals surface area contributed by atoms with Crippen LogP contribution in [-0.4, -0.2) is 39.1 Å². The lowest BCUT2D eigenvalue weighted by Crippen LogP contribution is -2.47. The molecule has 0 aromatic carbocycles. The highest BCUT2D eigenvalue weighted by Crippen LogP contribution is 2.23. The van der Waals surface area contributed by atoms with E-state index in [-0.39, 0.29) is 29.8 Å². The molecule has 0 aliphatic rings. The van der Waals surface area contributed by atoms with Gasteiger partial charge in [0.1, 0.15) is 12.4 Å². The van der Waals surface area contributed by atoms with E-state index in [9.17, 15) is 9.59 Å². The van der Waals surface area contributed by atoms with Crippen molar-refractivity contribution in [2.45, 2.75) is 66.8 Å². The van der Waals surface area contributed by atoms with Crippen molar-refractivity contribution in [3.05, 3.63) is 11.8 Å². The van der Waals surface area contributed by atoms with Crippen LogP contribution < -0.4 is 5.32 Å². The van der Waals surface area contributed by atoms with Crippen LogP contribution in [-0.2, 0) is 22.1 Å². The molecule has 2 amide bonds. The van der Waals surface area contributed by atoms with Crippen LogP contribution in [0.25, 0.3) is 0 Å². The second-order valence-electron chi connectivity index (χ2n) is 8.61. The molecule has 0 unspecified atom stereocenters. The van der Waals surface area contributed by atoms with E-state index >= 15 is 0 Å². The third-order valence-electron chi connectivity index (χ3n) is 3.76. The number of aryl methyl sites for hydroxylation is 1. The molecule has 1 heterocycles. The SMILES string of the molecule is CC(C)N(CC(=O)Nc1cc(C(C)(C)C)nn1C)C(=O)C(C)(C)C. The Labute approximate surface area is 145 Å². The minimum absolute atomic E-state index is 0.0315. The van der Waals surface area contributed by atoms with Gasteiger partial charge in [-0.25, -0.2) is 0 Å². The van der Waals surface area contributed by atoms with Gasteiger partial charge in [-0.1, -0.05) is 41.5 Å². The van der Waals surface area contributed by atoms with Gasteiger partial charge in [-0.15, -0.1) is 0 Å². The molecule has 0 radical (unpaired) electrons. The Morgan fingerprint density at radius 3 is 2.12 bits per heavy atom. The molecule has 1 aromatic rings. The zero-order valence-electron chi connectivity index (χ0n) is 16.5. The number of anilines is 1. The number of nitrogens with one attached hydrogen (secondary N) is 1. The highest BCUT2D eigenvalue weighted by atomic mass is 16.2. The Morgan fingerprint density at radius 1 is 1.21 bits per heavy atom. The summed E-state index contributed by atoms with van der Waals surface area (Å²) in [7, 11) is 1.80. The molecule has 6 nitrogen and oxygen atoms in total. The number of hydrogen-bond acceptors (Lipinski definition) is 3. The topological polar surface area (TPSA) is 67.2 Å². The number of carbonyl (C=O) groups excluding carboxylic acids is 2. The Morgan fingerprint density at radius 2 is 1.75 bits per heavy atom. The van der Waals surface area contributed by atoms with Crippen molar-refractivity contribution in [2.75, 3.05) is 11.9 Å². The van der Waals surface area contributed by atoms with Gasteiger partial charge in [0.05, 0.1) is 5.69 Å². The molecule has 136 valence electrons. The van der Waals surface area contributed by atoms with E-state index in [0.29, 0.717) is 5.82 Å². The van der Waals surface area contributed by atoms with Gasteiger partial charge in [-0.2, -0.15) is 5.10 Å². The summed E-state index contributed by atoms with van der Waals surface area (Å²) >= 11 is 0. The summed E-state index contributed by atoms with van der Waals surface area (Å²) < 4.78 is 1.66. The molecule has 0 atom stereocenters. The Kier molecular flexibility index (Phi) is 5.85. The van der Waals surface area contributed by atoms with E-state index in [1.807, 2.05) is 40.7 Å². The molecule has 1 rings (SSSR count). The minimum atomic E-state index is -0.517. The van der Waals surface area contributed by atoms with Crippen LogP contribution in [0, 0.1) is 5.41 Å². The average Bonchev–Trinajstić information content (AvgIpc) is 2.75. The van der Waals surface area contributed by atoms with Gasteiger partial charge < -0.3 is 10.2 Å². The zero-order chi connectivity index (χ0) is 18.9. The molecule has 0 fully saturated rings. The smallest absolute Gasteiger partial charge is 0.245 e. The third-order valence-corrected chi connectivity index (χ3v) is 3.76. The fraction of sp³-hybridized carbons (Fsp3) is 0.722. The van der Waals surface area contributed by atoms with Gasteiger partial charge in [0.2, 0.25) is 11.8 Å². The van der Waals surface area contributed by atoms with Crippen LogP contribution in [0.1, 0.15) is 61.1 Å². The first kappa shape index (κ1) is 20.2. The van der Waals surface area contributed by atoms with Crippen molar-refractivity contribution in [2.24, 2.45) is 12.5 Å². The monoisotopic (exact) mass is 336 g/mol. The molecule has 0 bridgehead atoms. The van der Waals surface area contributed by atoms with Crippen LogP contribution in [0.2, 0.25) is 0 Å². The highest BCUT2D eigenvalue weighted by molar-refractivity contribution is 5.94. The molecular weight excluding hydrogens is 304 g/mol. The van der Waals surface area contributed by atoms with E-state index in [1.54, 1.807) is 16.6 Å². The van der Waals surface area contributed by atoms with Crippen LogP contribution in [0.15, 0.2) is 6.07 Å². The molecule has 0 saturated heterocycles. The van der Waals surface area contributed by atoms with Gasteiger partial charge >= 0.3 is 0 Å². The summed E-state index contributed by atoms with van der Waals surface area (Å²) in [6, 6.07) is 1.84. The first-order valence-electron chi connectivity index (χ1n) is 8.39. The van der Waals surface area contributed by atoms with Gasteiger partial charge in [0.25, 0.3) is 0 Å². The van der Waals surface area contributed by atoms with Crippen LogP contribution >= 0.6 is 0 Å². The first-order valence-corrected chi connectivity index (χ1v) is 8.39. The van der Waals surface area contributed by atoms with Crippen molar-refractivity contribution >= 4 is 17.6 Å². The zero-order valence-corrected chi connectivity index (χ0v) is 16.5.